The van der Waals surface area contributed by atoms with Gasteiger partial charge in [0.05, 0.1) is 6.61 Å². The standard InChI is InChI=1S/C21H27IN4O3/c1-14(27)24-6-8-25-13-18(22)17-5-2-15(10-19(17)25)12-26(16-3-4-16)21(28)20-11-23-7-9-29-20/h2,5,10,13,16,20,23H,3-4,6-9,11-12H2,1H3,(H,24,27)/t20-/m1/s1. The molecule has 2 fully saturated rings. The normalized spacial score (nSPS) is 19.3. The molecule has 0 spiro atoms. The fourth-order valence-electron chi connectivity index (χ4n) is 3.81. The Bertz CT molecular complexity index is 903. The Balaban J connectivity index is 1.53. The smallest absolute Gasteiger partial charge is 0.253 e. The van der Waals surface area contributed by atoms with Crippen LogP contribution in [0.3, 0.4) is 0 Å². The van der Waals surface area contributed by atoms with Crippen molar-refractivity contribution >= 4 is 45.3 Å². The Morgan fingerprint density at radius 1 is 1.38 bits per heavy atom. The van der Waals surface area contributed by atoms with Gasteiger partial charge >= 0.3 is 0 Å². The third-order valence-corrected chi connectivity index (χ3v) is 6.31. The number of ether oxygens (including phenoxy) is 1. The van der Waals surface area contributed by atoms with Gasteiger partial charge in [-0.15, -0.1) is 0 Å². The van der Waals surface area contributed by atoms with E-state index in [9.17, 15) is 9.59 Å². The molecular weight excluding hydrogens is 483 g/mol. The quantitative estimate of drug-likeness (QED) is 0.558. The maximum atomic E-state index is 13.0. The van der Waals surface area contributed by atoms with Gasteiger partial charge in [-0.05, 0) is 47.1 Å². The topological polar surface area (TPSA) is 75.6 Å². The van der Waals surface area contributed by atoms with Crippen molar-refractivity contribution in [2.24, 2.45) is 0 Å². The van der Waals surface area contributed by atoms with Gasteiger partial charge in [-0.1, -0.05) is 12.1 Å². The molecular formula is C21H27IN4O3. The van der Waals surface area contributed by atoms with Crippen LogP contribution in [0.15, 0.2) is 24.4 Å². The highest BCUT2D eigenvalue weighted by molar-refractivity contribution is 14.1. The third kappa shape index (κ3) is 4.92. The molecule has 2 N–H and O–H groups in total. The van der Waals surface area contributed by atoms with E-state index in [4.69, 9.17) is 4.74 Å². The average Bonchev–Trinajstić information content (AvgIpc) is 3.51. The van der Waals surface area contributed by atoms with E-state index in [0.717, 1.165) is 37.0 Å². The highest BCUT2D eigenvalue weighted by atomic mass is 127. The van der Waals surface area contributed by atoms with Crippen molar-refractivity contribution < 1.29 is 14.3 Å². The summed E-state index contributed by atoms with van der Waals surface area (Å²) < 4.78 is 9.06. The number of carbonyl (C=O) groups excluding carboxylic acids is 2. The molecule has 2 heterocycles. The van der Waals surface area contributed by atoms with Gasteiger partial charge in [0.1, 0.15) is 6.10 Å². The van der Waals surface area contributed by atoms with Crippen molar-refractivity contribution in [3.05, 3.63) is 33.5 Å². The van der Waals surface area contributed by atoms with Crippen molar-refractivity contribution in [2.45, 2.75) is 45.0 Å². The van der Waals surface area contributed by atoms with Crippen LogP contribution in [0.25, 0.3) is 10.9 Å². The number of nitrogens with one attached hydrogen (secondary N) is 2. The van der Waals surface area contributed by atoms with Gasteiger partial charge in [0.25, 0.3) is 5.91 Å². The van der Waals surface area contributed by atoms with E-state index >= 15 is 0 Å². The first kappa shape index (κ1) is 20.6. The monoisotopic (exact) mass is 510 g/mol. The molecule has 2 amide bonds. The second-order valence-electron chi connectivity index (χ2n) is 7.77. The van der Waals surface area contributed by atoms with E-state index in [1.165, 1.54) is 15.9 Å². The zero-order valence-corrected chi connectivity index (χ0v) is 18.8. The van der Waals surface area contributed by atoms with Gasteiger partial charge in [-0.3, -0.25) is 9.59 Å². The average molecular weight is 510 g/mol. The lowest BCUT2D eigenvalue weighted by Gasteiger charge is -2.30. The summed E-state index contributed by atoms with van der Waals surface area (Å²) in [6, 6.07) is 6.75. The molecule has 1 saturated carbocycles. The maximum Gasteiger partial charge on any atom is 0.253 e. The van der Waals surface area contributed by atoms with Gasteiger partial charge < -0.3 is 24.8 Å². The van der Waals surface area contributed by atoms with E-state index < -0.39 is 0 Å². The highest BCUT2D eigenvalue weighted by Crippen LogP contribution is 2.31. The summed E-state index contributed by atoms with van der Waals surface area (Å²) >= 11 is 2.35. The SMILES string of the molecule is CC(=O)NCCn1cc(I)c2ccc(CN(C(=O)[C@H]3CNCCO3)C3CC3)cc21. The Labute approximate surface area is 184 Å². The first-order chi connectivity index (χ1) is 14.0. The summed E-state index contributed by atoms with van der Waals surface area (Å²) in [4.78, 5) is 26.2. The summed E-state index contributed by atoms with van der Waals surface area (Å²) in [5, 5.41) is 7.30. The van der Waals surface area contributed by atoms with Crippen LogP contribution in [0.2, 0.25) is 0 Å². The van der Waals surface area contributed by atoms with E-state index in [1.54, 1.807) is 0 Å². The maximum absolute atomic E-state index is 13.0. The number of fused-ring (bicyclic) bond motifs is 1. The molecule has 2 aromatic rings. The number of rotatable bonds is 7. The Morgan fingerprint density at radius 3 is 2.90 bits per heavy atom. The highest BCUT2D eigenvalue weighted by Gasteiger charge is 2.36. The second-order valence-corrected chi connectivity index (χ2v) is 8.93. The van der Waals surface area contributed by atoms with Crippen LogP contribution in [-0.4, -0.2) is 59.7 Å². The summed E-state index contributed by atoms with van der Waals surface area (Å²) in [6.07, 6.45) is 3.87. The predicted molar refractivity (Wildman–Crippen MR) is 120 cm³/mol. The summed E-state index contributed by atoms with van der Waals surface area (Å²) in [6.45, 7) is 5.43. The number of hydrogen-bond acceptors (Lipinski definition) is 4. The molecule has 156 valence electrons. The van der Waals surface area contributed by atoms with E-state index in [1.807, 2.05) is 4.90 Å². The molecule has 0 unspecified atom stereocenters. The summed E-state index contributed by atoms with van der Waals surface area (Å²) in [5.41, 5.74) is 2.26. The fraction of sp³-hybridized carbons (Fsp3) is 0.524. The molecule has 1 aromatic carbocycles. The predicted octanol–water partition coefficient (Wildman–Crippen LogP) is 1.86. The van der Waals surface area contributed by atoms with Crippen LogP contribution >= 0.6 is 22.6 Å². The molecule has 1 aliphatic carbocycles. The van der Waals surface area contributed by atoms with Gasteiger partial charge in [0.2, 0.25) is 5.91 Å². The van der Waals surface area contributed by atoms with Crippen molar-refractivity contribution in [3.63, 3.8) is 0 Å². The van der Waals surface area contributed by atoms with Gasteiger partial charge in [0, 0.05) is 66.4 Å². The number of halogens is 1. The lowest BCUT2D eigenvalue weighted by Crippen LogP contribution is -2.49. The Kier molecular flexibility index (Phi) is 6.41. The molecule has 4 rings (SSSR count). The molecule has 8 heteroatoms. The first-order valence-corrected chi connectivity index (χ1v) is 11.3. The molecule has 1 aliphatic heterocycles. The number of hydrogen-bond donors (Lipinski definition) is 2. The number of morpholine rings is 1. The summed E-state index contributed by atoms with van der Waals surface area (Å²) in [7, 11) is 0. The fourth-order valence-corrected chi connectivity index (χ4v) is 4.60. The molecule has 1 atom stereocenters. The lowest BCUT2D eigenvalue weighted by atomic mass is 10.1. The molecule has 1 aromatic heterocycles. The van der Waals surface area contributed by atoms with Crippen LogP contribution in [-0.2, 0) is 27.4 Å². The Hall–Kier alpha value is -1.65. The molecule has 2 aliphatic rings. The largest absolute Gasteiger partial charge is 0.366 e. The van der Waals surface area contributed by atoms with Crippen molar-refractivity contribution in [1.29, 1.82) is 0 Å². The van der Waals surface area contributed by atoms with E-state index in [-0.39, 0.29) is 17.9 Å². The van der Waals surface area contributed by atoms with Crippen LogP contribution in [0.4, 0.5) is 0 Å². The van der Waals surface area contributed by atoms with Crippen LogP contribution in [0.1, 0.15) is 25.3 Å². The van der Waals surface area contributed by atoms with Crippen LogP contribution in [0.5, 0.6) is 0 Å². The minimum absolute atomic E-state index is 0.0187. The number of aromatic nitrogens is 1. The number of carbonyl (C=O) groups is 2. The van der Waals surface area contributed by atoms with Gasteiger partial charge in [-0.2, -0.15) is 0 Å². The molecule has 0 bridgehead atoms. The lowest BCUT2D eigenvalue weighted by molar-refractivity contribution is -0.146. The van der Waals surface area contributed by atoms with Crippen LogP contribution < -0.4 is 10.6 Å². The Morgan fingerprint density at radius 2 is 2.21 bits per heavy atom. The second kappa shape index (κ2) is 9.01. The molecule has 29 heavy (non-hydrogen) atoms. The zero-order valence-electron chi connectivity index (χ0n) is 16.6. The first-order valence-electron chi connectivity index (χ1n) is 10.2. The van der Waals surface area contributed by atoms with Gasteiger partial charge in [0.15, 0.2) is 0 Å². The molecule has 1 saturated heterocycles. The minimum atomic E-state index is -0.379. The van der Waals surface area contributed by atoms with Crippen molar-refractivity contribution in [1.82, 2.24) is 20.1 Å². The minimum Gasteiger partial charge on any atom is -0.366 e. The van der Waals surface area contributed by atoms with Crippen molar-refractivity contribution in [3.8, 4) is 0 Å². The number of benzene rings is 1. The molecule has 0 radical (unpaired) electrons. The van der Waals surface area contributed by atoms with Gasteiger partial charge in [-0.25, -0.2) is 0 Å². The van der Waals surface area contributed by atoms with Crippen LogP contribution in [0, 0.1) is 3.57 Å². The third-order valence-electron chi connectivity index (χ3n) is 5.45. The van der Waals surface area contributed by atoms with Crippen molar-refractivity contribution in [2.75, 3.05) is 26.2 Å². The number of amides is 2. The van der Waals surface area contributed by atoms with E-state index in [2.05, 4.69) is 62.2 Å². The van der Waals surface area contributed by atoms with E-state index in [0.29, 0.717) is 32.3 Å². The number of nitrogens with zero attached hydrogens (tertiary/aromatic N) is 2. The molecule has 7 nitrogen and oxygen atoms in total. The zero-order chi connectivity index (χ0) is 20.4. The summed E-state index contributed by atoms with van der Waals surface area (Å²) in [5.74, 6) is 0.0743.